The van der Waals surface area contributed by atoms with E-state index in [4.69, 9.17) is 4.74 Å². The van der Waals surface area contributed by atoms with Gasteiger partial charge in [0, 0.05) is 18.1 Å². The Kier molecular flexibility index (Phi) is 4.71. The van der Waals surface area contributed by atoms with Crippen LogP contribution in [-0.2, 0) is 9.53 Å². The lowest BCUT2D eigenvalue weighted by molar-refractivity contribution is -0.119. The summed E-state index contributed by atoms with van der Waals surface area (Å²) in [4.78, 5) is 23.6. The second-order valence-corrected chi connectivity index (χ2v) is 4.45. The normalized spacial score (nSPS) is 11.7. The van der Waals surface area contributed by atoms with E-state index in [9.17, 15) is 9.59 Å². The zero-order valence-corrected chi connectivity index (χ0v) is 11.9. The largest absolute Gasteiger partial charge is 0.462 e. The van der Waals surface area contributed by atoms with Crippen molar-refractivity contribution in [2.24, 2.45) is 0 Å². The van der Waals surface area contributed by atoms with Crippen LogP contribution >= 0.6 is 0 Å². The van der Waals surface area contributed by atoms with E-state index in [1.165, 1.54) is 0 Å². The average molecular weight is 287 g/mol. The molecule has 0 saturated carbocycles. The number of amides is 1. The molecule has 0 fully saturated rings. The fraction of sp³-hybridized carbons (Fsp3) is 0.267. The second-order valence-electron chi connectivity index (χ2n) is 4.45. The molecule has 0 unspecified atom stereocenters. The minimum absolute atomic E-state index is 0.178. The summed E-state index contributed by atoms with van der Waals surface area (Å²) in [6.45, 7) is 3.84. The van der Waals surface area contributed by atoms with Gasteiger partial charge in [-0.05, 0) is 44.2 Å². The Morgan fingerprint density at radius 1 is 1.33 bits per heavy atom. The van der Waals surface area contributed by atoms with E-state index in [0.29, 0.717) is 17.9 Å². The summed E-state index contributed by atoms with van der Waals surface area (Å²) in [7, 11) is 0. The highest BCUT2D eigenvalue weighted by molar-refractivity contribution is 5.94. The first kappa shape index (κ1) is 14.8. The Labute approximate surface area is 122 Å². The maximum Gasteiger partial charge on any atom is 0.338 e. The standard InChI is InChI=1S/C15H17N3O3/c1-3-21-15(20)12-5-7-13(8-6-12)17-14(19)11(2)18-10-4-9-16-18/h4-11H,3H2,1-2H3,(H,17,19)/t11-/m0/s1. The van der Waals surface area contributed by atoms with Crippen LogP contribution in [0.2, 0.25) is 0 Å². The Morgan fingerprint density at radius 2 is 2.05 bits per heavy atom. The molecule has 6 nitrogen and oxygen atoms in total. The van der Waals surface area contributed by atoms with Gasteiger partial charge in [-0.3, -0.25) is 9.48 Å². The number of esters is 1. The maximum atomic E-state index is 12.1. The molecule has 1 N–H and O–H groups in total. The van der Waals surface area contributed by atoms with E-state index in [1.807, 2.05) is 0 Å². The van der Waals surface area contributed by atoms with E-state index in [0.717, 1.165) is 0 Å². The molecular formula is C15H17N3O3. The van der Waals surface area contributed by atoms with Gasteiger partial charge >= 0.3 is 5.97 Å². The Hall–Kier alpha value is -2.63. The molecule has 0 saturated heterocycles. The number of rotatable bonds is 5. The highest BCUT2D eigenvalue weighted by Crippen LogP contribution is 2.13. The third-order valence-corrected chi connectivity index (χ3v) is 2.96. The lowest BCUT2D eigenvalue weighted by Crippen LogP contribution is -2.24. The first-order valence-corrected chi connectivity index (χ1v) is 6.69. The van der Waals surface area contributed by atoms with Gasteiger partial charge in [0.2, 0.25) is 5.91 Å². The molecule has 0 spiro atoms. The number of carbonyl (C=O) groups excluding carboxylic acids is 2. The van der Waals surface area contributed by atoms with Crippen molar-refractivity contribution in [3.8, 4) is 0 Å². The predicted octanol–water partition coefficient (Wildman–Crippen LogP) is 2.26. The van der Waals surface area contributed by atoms with Crippen molar-refractivity contribution in [2.75, 3.05) is 11.9 Å². The fourth-order valence-corrected chi connectivity index (χ4v) is 1.78. The number of nitrogens with one attached hydrogen (secondary N) is 1. The number of ether oxygens (including phenoxy) is 1. The van der Waals surface area contributed by atoms with Gasteiger partial charge in [0.25, 0.3) is 0 Å². The third-order valence-electron chi connectivity index (χ3n) is 2.96. The van der Waals surface area contributed by atoms with Crippen LogP contribution in [0.1, 0.15) is 30.2 Å². The molecular weight excluding hydrogens is 270 g/mol. The summed E-state index contributed by atoms with van der Waals surface area (Å²) in [5.41, 5.74) is 1.07. The maximum absolute atomic E-state index is 12.1. The summed E-state index contributed by atoms with van der Waals surface area (Å²) < 4.78 is 6.47. The number of anilines is 1. The third kappa shape index (κ3) is 3.68. The predicted molar refractivity (Wildman–Crippen MR) is 78.0 cm³/mol. The summed E-state index contributed by atoms with van der Waals surface area (Å²) in [5.74, 6) is -0.553. The molecule has 0 bridgehead atoms. The van der Waals surface area contributed by atoms with Crippen molar-refractivity contribution in [1.82, 2.24) is 9.78 Å². The zero-order valence-electron chi connectivity index (χ0n) is 11.9. The van der Waals surface area contributed by atoms with Crippen molar-refractivity contribution in [1.29, 1.82) is 0 Å². The zero-order chi connectivity index (χ0) is 15.2. The van der Waals surface area contributed by atoms with Crippen molar-refractivity contribution >= 4 is 17.6 Å². The highest BCUT2D eigenvalue weighted by Gasteiger charge is 2.15. The number of hydrogen-bond donors (Lipinski definition) is 1. The average Bonchev–Trinajstić information content (AvgIpc) is 3.01. The minimum Gasteiger partial charge on any atom is -0.462 e. The van der Waals surface area contributed by atoms with E-state index in [-0.39, 0.29) is 11.9 Å². The molecule has 0 aliphatic rings. The van der Waals surface area contributed by atoms with Crippen molar-refractivity contribution in [2.45, 2.75) is 19.9 Å². The van der Waals surface area contributed by atoms with E-state index in [2.05, 4.69) is 10.4 Å². The van der Waals surface area contributed by atoms with Gasteiger partial charge in [-0.2, -0.15) is 5.10 Å². The molecule has 0 aliphatic carbocycles. The second kappa shape index (κ2) is 6.69. The van der Waals surface area contributed by atoms with Gasteiger partial charge in [-0.25, -0.2) is 4.79 Å². The molecule has 2 aromatic rings. The van der Waals surface area contributed by atoms with Gasteiger partial charge < -0.3 is 10.1 Å². The van der Waals surface area contributed by atoms with Crippen molar-refractivity contribution in [3.05, 3.63) is 48.3 Å². The van der Waals surface area contributed by atoms with Gasteiger partial charge in [0.15, 0.2) is 0 Å². The highest BCUT2D eigenvalue weighted by atomic mass is 16.5. The molecule has 6 heteroatoms. The number of aromatic nitrogens is 2. The van der Waals surface area contributed by atoms with Crippen LogP contribution in [0, 0.1) is 0 Å². The summed E-state index contributed by atoms with van der Waals surface area (Å²) >= 11 is 0. The van der Waals surface area contributed by atoms with Crippen molar-refractivity contribution in [3.63, 3.8) is 0 Å². The molecule has 2 rings (SSSR count). The summed E-state index contributed by atoms with van der Waals surface area (Å²) in [6, 6.07) is 7.92. The molecule has 1 aromatic heterocycles. The SMILES string of the molecule is CCOC(=O)c1ccc(NC(=O)[C@H](C)n2cccn2)cc1. The summed E-state index contributed by atoms with van der Waals surface area (Å²) in [6.07, 6.45) is 3.35. The van der Waals surface area contributed by atoms with Crippen LogP contribution in [0.15, 0.2) is 42.7 Å². The van der Waals surface area contributed by atoms with Gasteiger partial charge in [-0.1, -0.05) is 0 Å². The van der Waals surface area contributed by atoms with E-state index < -0.39 is 6.04 Å². The summed E-state index contributed by atoms with van der Waals surface area (Å²) in [5, 5.41) is 6.81. The first-order chi connectivity index (χ1) is 10.1. The Morgan fingerprint density at radius 3 is 2.62 bits per heavy atom. The van der Waals surface area contributed by atoms with Gasteiger partial charge in [0.1, 0.15) is 6.04 Å². The van der Waals surface area contributed by atoms with Crippen LogP contribution in [0.3, 0.4) is 0 Å². The lowest BCUT2D eigenvalue weighted by Gasteiger charge is -2.12. The molecule has 110 valence electrons. The molecule has 0 aliphatic heterocycles. The van der Waals surface area contributed by atoms with Gasteiger partial charge in [-0.15, -0.1) is 0 Å². The molecule has 1 heterocycles. The smallest absolute Gasteiger partial charge is 0.338 e. The van der Waals surface area contributed by atoms with Crippen molar-refractivity contribution < 1.29 is 14.3 Å². The van der Waals surface area contributed by atoms with E-state index in [1.54, 1.807) is 61.3 Å². The first-order valence-electron chi connectivity index (χ1n) is 6.69. The van der Waals surface area contributed by atoms with Crippen LogP contribution in [0.5, 0.6) is 0 Å². The van der Waals surface area contributed by atoms with Crippen LogP contribution in [-0.4, -0.2) is 28.3 Å². The number of benzene rings is 1. The monoisotopic (exact) mass is 287 g/mol. The Bertz CT molecular complexity index is 606. The lowest BCUT2D eigenvalue weighted by atomic mass is 10.2. The number of hydrogen-bond acceptors (Lipinski definition) is 4. The molecule has 1 amide bonds. The minimum atomic E-state index is -0.412. The van der Waals surface area contributed by atoms with Gasteiger partial charge in [0.05, 0.1) is 12.2 Å². The van der Waals surface area contributed by atoms with Crippen LogP contribution in [0.4, 0.5) is 5.69 Å². The fourth-order valence-electron chi connectivity index (χ4n) is 1.78. The van der Waals surface area contributed by atoms with E-state index >= 15 is 0 Å². The quantitative estimate of drug-likeness (QED) is 0.856. The Balaban J connectivity index is 2.00. The van der Waals surface area contributed by atoms with Crippen LogP contribution < -0.4 is 5.32 Å². The van der Waals surface area contributed by atoms with Crippen LogP contribution in [0.25, 0.3) is 0 Å². The number of carbonyl (C=O) groups is 2. The topological polar surface area (TPSA) is 73.2 Å². The molecule has 1 atom stereocenters. The number of nitrogens with zero attached hydrogens (tertiary/aromatic N) is 2. The molecule has 1 aromatic carbocycles. The molecule has 21 heavy (non-hydrogen) atoms. The molecule has 0 radical (unpaired) electrons.